The average Bonchev–Trinajstić information content (AvgIpc) is 2.74. The fraction of sp³-hybridized carbons (Fsp3) is 0.737. The molecule has 2 saturated heterocycles. The third kappa shape index (κ3) is 3.41. The third-order valence-corrected chi connectivity index (χ3v) is 6.27. The highest BCUT2D eigenvalue weighted by atomic mass is 16.5. The third-order valence-electron chi connectivity index (χ3n) is 6.27. The van der Waals surface area contributed by atoms with Crippen LogP contribution in [0.2, 0.25) is 0 Å². The number of aliphatic hydroxyl groups is 1. The predicted octanol–water partition coefficient (Wildman–Crippen LogP) is 0.705. The summed E-state index contributed by atoms with van der Waals surface area (Å²) in [5.41, 5.74) is 0.335. The lowest BCUT2D eigenvalue weighted by molar-refractivity contribution is -0.207. The maximum absolute atomic E-state index is 12.8. The molecule has 1 amide bonds. The smallest absolute Gasteiger partial charge is 0.256 e. The van der Waals surface area contributed by atoms with Crippen molar-refractivity contribution in [1.82, 2.24) is 14.9 Å². The number of carbonyl (C=O) groups is 1. The molecule has 1 N–H and O–H groups in total. The standard InChI is InChI=1S/C19H28N4O4/c1-2-27-16-11-15(24)19(16)3-5-22(6-4-19)17(25)14-12-20-18(21-13-14)23-7-9-26-10-8-23/h12-13,15-16,24H,2-11H2,1H3/t15-,16+/m1/s1. The normalized spacial score (nSPS) is 27.5. The van der Waals surface area contributed by atoms with Gasteiger partial charge in [-0.2, -0.15) is 0 Å². The van der Waals surface area contributed by atoms with E-state index in [1.54, 1.807) is 12.4 Å². The zero-order valence-corrected chi connectivity index (χ0v) is 15.8. The van der Waals surface area contributed by atoms with Crippen molar-refractivity contribution in [2.45, 2.75) is 38.4 Å². The second-order valence-corrected chi connectivity index (χ2v) is 7.59. The van der Waals surface area contributed by atoms with Gasteiger partial charge in [-0.3, -0.25) is 4.79 Å². The first-order valence-electron chi connectivity index (χ1n) is 9.88. The fourth-order valence-electron chi connectivity index (χ4n) is 4.48. The van der Waals surface area contributed by atoms with Gasteiger partial charge in [0.05, 0.1) is 31.0 Å². The van der Waals surface area contributed by atoms with Gasteiger partial charge < -0.3 is 24.4 Å². The van der Waals surface area contributed by atoms with Crippen LogP contribution in [0.25, 0.3) is 0 Å². The molecule has 1 spiro atoms. The Balaban J connectivity index is 1.36. The molecule has 1 aromatic rings. The molecule has 0 unspecified atom stereocenters. The summed E-state index contributed by atoms with van der Waals surface area (Å²) in [4.78, 5) is 25.5. The van der Waals surface area contributed by atoms with Gasteiger partial charge in [0, 0.05) is 57.0 Å². The number of morpholine rings is 1. The second-order valence-electron chi connectivity index (χ2n) is 7.59. The lowest BCUT2D eigenvalue weighted by atomic mass is 9.58. The molecule has 0 aromatic carbocycles. The quantitative estimate of drug-likeness (QED) is 0.828. The van der Waals surface area contributed by atoms with Crippen molar-refractivity contribution in [2.75, 3.05) is 50.9 Å². The minimum absolute atomic E-state index is 0.0415. The number of anilines is 1. The van der Waals surface area contributed by atoms with Gasteiger partial charge in [-0.15, -0.1) is 0 Å². The van der Waals surface area contributed by atoms with Crippen LogP contribution in [0.4, 0.5) is 5.95 Å². The maximum Gasteiger partial charge on any atom is 0.256 e. The van der Waals surface area contributed by atoms with E-state index in [0.29, 0.717) is 50.8 Å². The van der Waals surface area contributed by atoms with E-state index in [9.17, 15) is 9.90 Å². The van der Waals surface area contributed by atoms with E-state index in [1.807, 2.05) is 11.8 Å². The van der Waals surface area contributed by atoms with Crippen LogP contribution in [0, 0.1) is 5.41 Å². The van der Waals surface area contributed by atoms with Crippen molar-refractivity contribution in [2.24, 2.45) is 5.41 Å². The summed E-state index contributed by atoms with van der Waals surface area (Å²) < 4.78 is 11.1. The first-order chi connectivity index (χ1) is 13.1. The highest BCUT2D eigenvalue weighted by molar-refractivity contribution is 5.93. The number of rotatable bonds is 4. The first-order valence-corrected chi connectivity index (χ1v) is 9.88. The van der Waals surface area contributed by atoms with Crippen molar-refractivity contribution in [1.29, 1.82) is 0 Å². The van der Waals surface area contributed by atoms with E-state index >= 15 is 0 Å². The summed E-state index contributed by atoms with van der Waals surface area (Å²) in [6.45, 7) is 6.79. The minimum Gasteiger partial charge on any atom is -0.392 e. The molecule has 0 bridgehead atoms. The largest absolute Gasteiger partial charge is 0.392 e. The summed E-state index contributed by atoms with van der Waals surface area (Å²) >= 11 is 0. The van der Waals surface area contributed by atoms with Crippen LogP contribution in [0.15, 0.2) is 12.4 Å². The molecule has 3 fully saturated rings. The van der Waals surface area contributed by atoms with Crippen molar-refractivity contribution in [3.8, 4) is 0 Å². The fourth-order valence-corrected chi connectivity index (χ4v) is 4.48. The summed E-state index contributed by atoms with van der Waals surface area (Å²) in [6.07, 6.45) is 5.29. The molecule has 1 aromatic heterocycles. The number of piperidine rings is 1. The van der Waals surface area contributed by atoms with Crippen LogP contribution in [-0.4, -0.2) is 84.1 Å². The Labute approximate surface area is 159 Å². The lowest BCUT2D eigenvalue weighted by Crippen LogP contribution is -2.62. The summed E-state index contributed by atoms with van der Waals surface area (Å²) in [6, 6.07) is 0. The van der Waals surface area contributed by atoms with Crippen LogP contribution >= 0.6 is 0 Å². The summed E-state index contributed by atoms with van der Waals surface area (Å²) in [5, 5.41) is 10.3. The molecule has 1 saturated carbocycles. The van der Waals surface area contributed by atoms with E-state index in [1.165, 1.54) is 0 Å². The Kier molecular flexibility index (Phi) is 5.29. The van der Waals surface area contributed by atoms with Crippen molar-refractivity contribution in [3.05, 3.63) is 18.0 Å². The van der Waals surface area contributed by atoms with E-state index in [2.05, 4.69) is 14.9 Å². The number of hydrogen-bond acceptors (Lipinski definition) is 7. The van der Waals surface area contributed by atoms with Crippen molar-refractivity contribution in [3.63, 3.8) is 0 Å². The van der Waals surface area contributed by atoms with E-state index < -0.39 is 0 Å². The number of hydrogen-bond donors (Lipinski definition) is 1. The molecule has 8 nitrogen and oxygen atoms in total. The number of nitrogens with zero attached hydrogens (tertiary/aromatic N) is 4. The van der Waals surface area contributed by atoms with Gasteiger partial charge in [0.2, 0.25) is 5.95 Å². The monoisotopic (exact) mass is 376 g/mol. The van der Waals surface area contributed by atoms with Gasteiger partial charge in [-0.1, -0.05) is 0 Å². The molecule has 4 rings (SSSR count). The average molecular weight is 376 g/mol. The van der Waals surface area contributed by atoms with E-state index in [-0.39, 0.29) is 23.5 Å². The summed E-state index contributed by atoms with van der Waals surface area (Å²) in [5.74, 6) is 0.602. The lowest BCUT2D eigenvalue weighted by Gasteiger charge is -2.56. The number of ether oxygens (including phenoxy) is 2. The van der Waals surface area contributed by atoms with Crippen LogP contribution in [0.3, 0.4) is 0 Å². The Morgan fingerprint density at radius 1 is 1.26 bits per heavy atom. The first kappa shape index (κ1) is 18.6. The second kappa shape index (κ2) is 7.69. The van der Waals surface area contributed by atoms with Gasteiger partial charge >= 0.3 is 0 Å². The molecule has 148 valence electrons. The van der Waals surface area contributed by atoms with Gasteiger partial charge in [0.1, 0.15) is 0 Å². The van der Waals surface area contributed by atoms with Gasteiger partial charge in [-0.25, -0.2) is 9.97 Å². The molecule has 3 aliphatic rings. The molecule has 1 aliphatic carbocycles. The Morgan fingerprint density at radius 2 is 1.93 bits per heavy atom. The van der Waals surface area contributed by atoms with Crippen molar-refractivity contribution >= 4 is 11.9 Å². The van der Waals surface area contributed by atoms with Crippen molar-refractivity contribution < 1.29 is 19.4 Å². The number of aromatic nitrogens is 2. The zero-order chi connectivity index (χ0) is 18.9. The molecule has 3 heterocycles. The van der Waals surface area contributed by atoms with Gasteiger partial charge in [-0.05, 0) is 19.8 Å². The summed E-state index contributed by atoms with van der Waals surface area (Å²) in [7, 11) is 0. The number of carbonyl (C=O) groups excluding carboxylic acids is 1. The molecular weight excluding hydrogens is 348 g/mol. The number of aliphatic hydroxyl groups excluding tert-OH is 1. The van der Waals surface area contributed by atoms with Crippen LogP contribution in [-0.2, 0) is 9.47 Å². The SMILES string of the molecule is CCO[C@H]1C[C@@H](O)C12CCN(C(=O)c1cnc(N3CCOCC3)nc1)CC2. The Hall–Kier alpha value is -1.77. The van der Waals surface area contributed by atoms with E-state index in [4.69, 9.17) is 9.47 Å². The minimum atomic E-state index is -0.317. The number of amides is 1. The zero-order valence-electron chi connectivity index (χ0n) is 15.8. The highest BCUT2D eigenvalue weighted by Gasteiger charge is 2.56. The molecule has 0 radical (unpaired) electrons. The van der Waals surface area contributed by atoms with E-state index in [0.717, 1.165) is 25.9 Å². The molecule has 8 heteroatoms. The van der Waals surface area contributed by atoms with Gasteiger partial charge in [0.25, 0.3) is 5.91 Å². The molecule has 2 aliphatic heterocycles. The predicted molar refractivity (Wildman–Crippen MR) is 98.7 cm³/mol. The van der Waals surface area contributed by atoms with Gasteiger partial charge in [0.15, 0.2) is 0 Å². The number of likely N-dealkylation sites (tertiary alicyclic amines) is 1. The Bertz CT molecular complexity index is 652. The topological polar surface area (TPSA) is 88.0 Å². The molecule has 27 heavy (non-hydrogen) atoms. The highest BCUT2D eigenvalue weighted by Crippen LogP contribution is 2.51. The van der Waals surface area contributed by atoms with Crippen LogP contribution in [0.5, 0.6) is 0 Å². The maximum atomic E-state index is 12.8. The van der Waals surface area contributed by atoms with Crippen LogP contribution < -0.4 is 4.90 Å². The Morgan fingerprint density at radius 3 is 2.52 bits per heavy atom. The molecular formula is C19H28N4O4. The molecule has 2 atom stereocenters. The van der Waals surface area contributed by atoms with Crippen LogP contribution in [0.1, 0.15) is 36.5 Å².